The third-order valence-corrected chi connectivity index (χ3v) is 6.79. The summed E-state index contributed by atoms with van der Waals surface area (Å²) in [7, 11) is 0. The molecule has 2 unspecified atom stereocenters. The second-order valence-corrected chi connectivity index (χ2v) is 8.63. The first kappa shape index (κ1) is 16.8. The van der Waals surface area contributed by atoms with E-state index in [4.69, 9.17) is 0 Å². The molecule has 0 aromatic heterocycles. The number of carbonyl (C=O) groups is 2. The van der Waals surface area contributed by atoms with Crippen LogP contribution >= 0.6 is 0 Å². The van der Waals surface area contributed by atoms with Crippen molar-refractivity contribution in [1.82, 2.24) is 9.91 Å². The highest BCUT2D eigenvalue weighted by atomic mass is 16.4. The van der Waals surface area contributed by atoms with Gasteiger partial charge in [0.2, 0.25) is 5.91 Å². The third kappa shape index (κ3) is 2.70. The lowest BCUT2D eigenvalue weighted by Gasteiger charge is -2.61. The van der Waals surface area contributed by atoms with Crippen LogP contribution in [0.25, 0.3) is 0 Å². The molecule has 4 bridgehead atoms. The number of nitrogens with zero attached hydrogens (tertiary/aromatic N) is 3. The number of carbonyl (C=O) groups excluding carboxylic acids is 1. The SMILES string of the molecule is O=NN(CC(=O)N1CCC[C@H]1C(=O)O)C12C[C@@H]3C[C@@H](CC(O)(C3)C1)C2. The Balaban J connectivity index is 1.52. The van der Waals surface area contributed by atoms with Crippen molar-refractivity contribution < 1.29 is 19.8 Å². The molecule has 0 aromatic rings. The molecule has 138 valence electrons. The molecule has 1 saturated heterocycles. The molecule has 25 heavy (non-hydrogen) atoms. The number of hydrogen-bond donors (Lipinski definition) is 2. The summed E-state index contributed by atoms with van der Waals surface area (Å²) in [5.74, 6) is -0.596. The third-order valence-electron chi connectivity index (χ3n) is 6.79. The minimum absolute atomic E-state index is 0.192. The van der Waals surface area contributed by atoms with Gasteiger partial charge in [0.05, 0.1) is 16.4 Å². The van der Waals surface area contributed by atoms with Crippen LogP contribution < -0.4 is 0 Å². The van der Waals surface area contributed by atoms with E-state index in [9.17, 15) is 24.7 Å². The summed E-state index contributed by atoms with van der Waals surface area (Å²) >= 11 is 0. The Kier molecular flexibility index (Phi) is 3.79. The number of amides is 1. The molecule has 5 rings (SSSR count). The van der Waals surface area contributed by atoms with Gasteiger partial charge in [-0.25, -0.2) is 9.80 Å². The number of rotatable bonds is 5. The van der Waals surface area contributed by atoms with E-state index in [1.54, 1.807) is 0 Å². The Labute approximate surface area is 146 Å². The van der Waals surface area contributed by atoms with E-state index in [-0.39, 0.29) is 12.5 Å². The van der Waals surface area contributed by atoms with Gasteiger partial charge >= 0.3 is 5.97 Å². The largest absolute Gasteiger partial charge is 0.480 e. The first-order valence-corrected chi connectivity index (χ1v) is 9.20. The molecule has 1 heterocycles. The van der Waals surface area contributed by atoms with Gasteiger partial charge in [-0.15, -0.1) is 4.91 Å². The molecule has 2 N–H and O–H groups in total. The van der Waals surface area contributed by atoms with Crippen molar-refractivity contribution in [3.63, 3.8) is 0 Å². The van der Waals surface area contributed by atoms with E-state index >= 15 is 0 Å². The zero-order chi connectivity index (χ0) is 17.8. The molecule has 0 spiro atoms. The molecule has 1 amide bonds. The fourth-order valence-corrected chi connectivity index (χ4v) is 6.29. The summed E-state index contributed by atoms with van der Waals surface area (Å²) in [4.78, 5) is 36.9. The number of likely N-dealkylation sites (tertiary alicyclic amines) is 1. The molecule has 5 aliphatic rings. The maximum absolute atomic E-state index is 12.7. The molecule has 5 atom stereocenters. The Morgan fingerprint density at radius 1 is 1.20 bits per heavy atom. The lowest BCUT2D eigenvalue weighted by atomic mass is 9.51. The van der Waals surface area contributed by atoms with Gasteiger partial charge in [0, 0.05) is 13.0 Å². The van der Waals surface area contributed by atoms with Crippen molar-refractivity contribution in [2.24, 2.45) is 17.1 Å². The predicted molar refractivity (Wildman–Crippen MR) is 87.2 cm³/mol. The Bertz CT molecular complexity index is 595. The van der Waals surface area contributed by atoms with Gasteiger partial charge < -0.3 is 15.1 Å². The van der Waals surface area contributed by atoms with Gasteiger partial charge in [-0.1, -0.05) is 0 Å². The van der Waals surface area contributed by atoms with E-state index in [1.165, 1.54) is 9.91 Å². The highest BCUT2D eigenvalue weighted by Crippen LogP contribution is 2.59. The monoisotopic (exact) mass is 351 g/mol. The van der Waals surface area contributed by atoms with E-state index in [2.05, 4.69) is 5.29 Å². The molecular weight excluding hydrogens is 326 g/mol. The van der Waals surface area contributed by atoms with Crippen molar-refractivity contribution in [3.05, 3.63) is 4.91 Å². The van der Waals surface area contributed by atoms with Crippen LogP contribution in [0, 0.1) is 16.7 Å². The number of carboxylic acid groups (broad SMARTS) is 1. The molecule has 8 nitrogen and oxygen atoms in total. The van der Waals surface area contributed by atoms with Gasteiger partial charge in [-0.3, -0.25) is 4.79 Å². The zero-order valence-electron chi connectivity index (χ0n) is 14.3. The maximum Gasteiger partial charge on any atom is 0.326 e. The quantitative estimate of drug-likeness (QED) is 0.567. The van der Waals surface area contributed by atoms with Crippen molar-refractivity contribution in [3.8, 4) is 0 Å². The number of hydrogen-bond acceptors (Lipinski definition) is 5. The summed E-state index contributed by atoms with van der Waals surface area (Å²) in [6, 6.07) is -0.804. The van der Waals surface area contributed by atoms with Crippen LogP contribution in [0.2, 0.25) is 0 Å². The van der Waals surface area contributed by atoms with Gasteiger partial charge in [0.25, 0.3) is 0 Å². The summed E-state index contributed by atoms with van der Waals surface area (Å²) in [5, 5.41) is 24.6. The Hall–Kier alpha value is -1.70. The minimum atomic E-state index is -0.999. The fourth-order valence-electron chi connectivity index (χ4n) is 6.29. The number of nitroso groups, excluding NO2 is 1. The highest BCUT2D eigenvalue weighted by Gasteiger charge is 2.60. The Morgan fingerprint density at radius 3 is 2.44 bits per heavy atom. The summed E-state index contributed by atoms with van der Waals surface area (Å²) in [6.45, 7) is 0.216. The van der Waals surface area contributed by atoms with E-state index in [1.807, 2.05) is 0 Å². The first-order valence-electron chi connectivity index (χ1n) is 9.20. The lowest BCUT2D eigenvalue weighted by Crippen LogP contribution is -2.65. The number of aliphatic hydroxyl groups is 1. The summed E-state index contributed by atoms with van der Waals surface area (Å²) in [5.41, 5.74) is -1.29. The normalized spacial score (nSPS) is 41.8. The van der Waals surface area contributed by atoms with Crippen LogP contribution in [0.15, 0.2) is 5.29 Å². The van der Waals surface area contributed by atoms with Crippen LogP contribution in [0.3, 0.4) is 0 Å². The van der Waals surface area contributed by atoms with Gasteiger partial charge in [-0.05, 0) is 56.8 Å². The Morgan fingerprint density at radius 2 is 1.88 bits per heavy atom. The van der Waals surface area contributed by atoms with E-state index in [0.29, 0.717) is 37.6 Å². The maximum atomic E-state index is 12.7. The van der Waals surface area contributed by atoms with E-state index in [0.717, 1.165) is 32.1 Å². The number of aliphatic carboxylic acids is 1. The average molecular weight is 351 g/mol. The summed E-state index contributed by atoms with van der Waals surface area (Å²) < 4.78 is 0. The number of carboxylic acids is 1. The van der Waals surface area contributed by atoms with Crippen LogP contribution in [0.5, 0.6) is 0 Å². The second kappa shape index (κ2) is 5.65. The molecule has 4 aliphatic carbocycles. The van der Waals surface area contributed by atoms with Gasteiger partial charge in [0.15, 0.2) is 0 Å². The topological polar surface area (TPSA) is 111 Å². The van der Waals surface area contributed by atoms with Crippen LogP contribution in [0.1, 0.15) is 51.4 Å². The van der Waals surface area contributed by atoms with Crippen molar-refractivity contribution in [2.45, 2.75) is 68.5 Å². The highest BCUT2D eigenvalue weighted by molar-refractivity contribution is 5.85. The summed E-state index contributed by atoms with van der Waals surface area (Å²) in [6.07, 6.45) is 5.79. The first-order chi connectivity index (χ1) is 11.8. The second-order valence-electron chi connectivity index (χ2n) is 8.63. The molecule has 0 radical (unpaired) electrons. The molecule has 5 fully saturated rings. The smallest absolute Gasteiger partial charge is 0.326 e. The molecule has 8 heteroatoms. The zero-order valence-corrected chi connectivity index (χ0v) is 14.3. The molecule has 0 aromatic carbocycles. The lowest BCUT2D eigenvalue weighted by molar-refractivity contribution is -0.179. The molecule has 1 aliphatic heterocycles. The average Bonchev–Trinajstić information content (AvgIpc) is 2.99. The van der Waals surface area contributed by atoms with Crippen molar-refractivity contribution >= 4 is 11.9 Å². The predicted octanol–water partition coefficient (Wildman–Crippen LogP) is 1.13. The molecular formula is C17H25N3O5. The molecule has 4 saturated carbocycles. The van der Waals surface area contributed by atoms with Crippen LogP contribution in [-0.2, 0) is 9.59 Å². The van der Waals surface area contributed by atoms with Crippen LogP contribution in [-0.4, -0.2) is 62.3 Å². The van der Waals surface area contributed by atoms with E-state index < -0.39 is 23.2 Å². The van der Waals surface area contributed by atoms with Crippen LogP contribution in [0.4, 0.5) is 0 Å². The standard InChI is InChI=1S/C17H25N3O5/c21-14(19-3-1-2-13(19)15(22)23)9-20(18-25)16-5-11-4-12(6-16)8-17(24,7-11)10-16/h11-13,24H,1-10H2,(H,22,23)/t11-,12+,13-,16?,17?/m0/s1. The van der Waals surface area contributed by atoms with Crippen molar-refractivity contribution in [1.29, 1.82) is 0 Å². The van der Waals surface area contributed by atoms with Gasteiger partial charge in [-0.2, -0.15) is 0 Å². The minimum Gasteiger partial charge on any atom is -0.480 e. The van der Waals surface area contributed by atoms with Crippen molar-refractivity contribution in [2.75, 3.05) is 13.1 Å². The van der Waals surface area contributed by atoms with Gasteiger partial charge in [0.1, 0.15) is 12.6 Å². The fraction of sp³-hybridized carbons (Fsp3) is 0.882.